The van der Waals surface area contributed by atoms with Crippen LogP contribution in [-0.4, -0.2) is 32.5 Å². The molecule has 2 heterocycles. The first-order valence-corrected chi connectivity index (χ1v) is 14.4. The van der Waals surface area contributed by atoms with E-state index in [1.807, 2.05) is 47.0 Å². The summed E-state index contributed by atoms with van der Waals surface area (Å²) >= 11 is 0. The molecule has 1 amide bonds. The Morgan fingerprint density at radius 1 is 0.778 bits per heavy atom. The molecule has 0 atom stereocenters. The zero-order valence-corrected chi connectivity index (χ0v) is 21.9. The molecule has 1 aromatic rings. The minimum Gasteiger partial charge on any atom is -0.299 e. The lowest BCUT2D eigenvalue weighted by atomic mass is 9.83. The summed E-state index contributed by atoms with van der Waals surface area (Å²) in [6, 6.07) is 0.549. The number of allylic oxidation sites excluding steroid dienone is 4. The number of amides is 1. The second kappa shape index (κ2) is 11.6. The highest BCUT2D eigenvalue weighted by Gasteiger charge is 2.38. The Labute approximate surface area is 215 Å². The van der Waals surface area contributed by atoms with Gasteiger partial charge in [-0.25, -0.2) is 9.69 Å². The number of H-pyrrole nitrogens is 1. The Balaban J connectivity index is 1.31. The van der Waals surface area contributed by atoms with Crippen LogP contribution in [0.3, 0.4) is 0 Å². The maximum Gasteiger partial charge on any atom is 0.276 e. The molecule has 6 heteroatoms. The number of carbonyl (C=O) groups excluding carboxylic acids is 1. The predicted molar refractivity (Wildman–Crippen MR) is 146 cm³/mol. The second-order valence-corrected chi connectivity index (χ2v) is 11.2. The molecule has 0 radical (unpaired) electrons. The highest BCUT2D eigenvalue weighted by molar-refractivity contribution is 6.25. The van der Waals surface area contributed by atoms with E-state index in [0.29, 0.717) is 12.0 Å². The third-order valence-electron chi connectivity index (χ3n) is 8.67. The second-order valence-electron chi connectivity index (χ2n) is 11.2. The number of aromatic amines is 1. The summed E-state index contributed by atoms with van der Waals surface area (Å²) in [5.74, 6) is 0.472. The van der Waals surface area contributed by atoms with Crippen LogP contribution in [0.4, 0.5) is 0 Å². The van der Waals surface area contributed by atoms with Crippen molar-refractivity contribution in [3.8, 4) is 0 Å². The first-order chi connectivity index (χ1) is 17.6. The average Bonchev–Trinajstić information content (AvgIpc) is 3.40. The van der Waals surface area contributed by atoms with Gasteiger partial charge in [-0.2, -0.15) is 5.10 Å². The largest absolute Gasteiger partial charge is 0.299 e. The molecule has 0 spiro atoms. The summed E-state index contributed by atoms with van der Waals surface area (Å²) in [7, 11) is 0. The van der Waals surface area contributed by atoms with Crippen molar-refractivity contribution < 1.29 is 4.79 Å². The lowest BCUT2D eigenvalue weighted by molar-refractivity contribution is -0.128. The van der Waals surface area contributed by atoms with Crippen LogP contribution >= 0.6 is 0 Å². The van der Waals surface area contributed by atoms with Gasteiger partial charge in [0.1, 0.15) is 0 Å². The molecule has 4 aliphatic rings. The van der Waals surface area contributed by atoms with Crippen LogP contribution in [0.15, 0.2) is 39.8 Å². The van der Waals surface area contributed by atoms with Gasteiger partial charge in [-0.05, 0) is 57.6 Å². The zero-order valence-electron chi connectivity index (χ0n) is 21.9. The van der Waals surface area contributed by atoms with Crippen LogP contribution < -0.4 is 5.56 Å². The van der Waals surface area contributed by atoms with Gasteiger partial charge in [-0.15, -0.1) is 0 Å². The molecule has 0 aromatic carbocycles. The molecular formula is C30H42N4O2. The molecule has 3 saturated carbocycles. The summed E-state index contributed by atoms with van der Waals surface area (Å²) in [5.41, 5.74) is 3.49. The van der Waals surface area contributed by atoms with Crippen molar-refractivity contribution in [3.05, 3.63) is 51.5 Å². The van der Waals surface area contributed by atoms with Crippen LogP contribution in [0.1, 0.15) is 114 Å². The molecule has 6 nitrogen and oxygen atoms in total. The summed E-state index contributed by atoms with van der Waals surface area (Å²) in [5, 5.41) is 10.1. The number of hydrogen-bond donors (Lipinski definition) is 1. The fourth-order valence-electron chi connectivity index (χ4n) is 6.60. The minimum absolute atomic E-state index is 0.0724. The molecule has 5 rings (SSSR count). The highest BCUT2D eigenvalue weighted by atomic mass is 16.2. The van der Waals surface area contributed by atoms with Gasteiger partial charge in [0.25, 0.3) is 11.5 Å². The Bertz CT molecular complexity index is 1100. The van der Waals surface area contributed by atoms with Crippen LogP contribution in [0.2, 0.25) is 0 Å². The van der Waals surface area contributed by atoms with Gasteiger partial charge in [-0.1, -0.05) is 76.0 Å². The third-order valence-corrected chi connectivity index (χ3v) is 8.67. The van der Waals surface area contributed by atoms with E-state index in [-0.39, 0.29) is 17.5 Å². The van der Waals surface area contributed by atoms with Gasteiger partial charge in [0.15, 0.2) is 0 Å². The Hall–Kier alpha value is -2.63. The van der Waals surface area contributed by atoms with Crippen molar-refractivity contribution in [2.24, 2.45) is 11.0 Å². The number of hydrogen-bond acceptors (Lipinski definition) is 3. The Morgan fingerprint density at radius 2 is 1.39 bits per heavy atom. The third kappa shape index (κ3) is 5.37. The number of aryl methyl sites for hydroxylation is 1. The normalized spacial score (nSPS) is 24.6. The molecule has 0 bridgehead atoms. The number of rotatable bonds is 6. The van der Waals surface area contributed by atoms with Crippen LogP contribution in [0.5, 0.6) is 0 Å². The average molecular weight is 491 g/mol. The van der Waals surface area contributed by atoms with Gasteiger partial charge in [0, 0.05) is 11.6 Å². The zero-order chi connectivity index (χ0) is 24.9. The maximum absolute atomic E-state index is 13.4. The van der Waals surface area contributed by atoms with E-state index < -0.39 is 0 Å². The van der Waals surface area contributed by atoms with Crippen molar-refractivity contribution in [2.75, 3.05) is 0 Å². The van der Waals surface area contributed by atoms with Gasteiger partial charge in [0.05, 0.1) is 28.9 Å². The Kier molecular flexibility index (Phi) is 8.08. The summed E-state index contributed by atoms with van der Waals surface area (Å²) < 4.78 is 1.84. The highest BCUT2D eigenvalue weighted by Crippen LogP contribution is 2.34. The number of carbonyl (C=O) groups is 1. The number of nitrogens with zero attached hydrogens (tertiary/aromatic N) is 3. The predicted octanol–water partition coefficient (Wildman–Crippen LogP) is 6.60. The van der Waals surface area contributed by atoms with Crippen LogP contribution in [0, 0.1) is 12.8 Å². The number of aromatic nitrogens is 2. The fourth-order valence-corrected chi connectivity index (χ4v) is 6.60. The lowest BCUT2D eigenvalue weighted by Gasteiger charge is -2.27. The van der Waals surface area contributed by atoms with Crippen molar-refractivity contribution >= 4 is 17.7 Å². The van der Waals surface area contributed by atoms with Gasteiger partial charge in [-0.3, -0.25) is 14.7 Å². The first kappa shape index (κ1) is 25.0. The number of hydrazone groups is 1. The molecule has 3 aliphatic carbocycles. The quantitative estimate of drug-likeness (QED) is 0.361. The summed E-state index contributed by atoms with van der Waals surface area (Å²) in [6.45, 7) is 1.97. The van der Waals surface area contributed by atoms with Gasteiger partial charge >= 0.3 is 0 Å². The fraction of sp³-hybridized carbons (Fsp3) is 0.633. The van der Waals surface area contributed by atoms with E-state index in [2.05, 4.69) is 5.10 Å². The molecule has 194 valence electrons. The van der Waals surface area contributed by atoms with Crippen LogP contribution in [-0.2, 0) is 4.79 Å². The van der Waals surface area contributed by atoms with Crippen molar-refractivity contribution in [1.82, 2.24) is 14.8 Å². The molecule has 0 saturated heterocycles. The molecule has 3 fully saturated rings. The lowest BCUT2D eigenvalue weighted by Crippen LogP contribution is -2.35. The van der Waals surface area contributed by atoms with Crippen molar-refractivity contribution in [1.29, 1.82) is 0 Å². The van der Waals surface area contributed by atoms with Crippen molar-refractivity contribution in [2.45, 2.75) is 115 Å². The molecule has 1 N–H and O–H groups in total. The van der Waals surface area contributed by atoms with Crippen LogP contribution in [0.25, 0.3) is 6.08 Å². The van der Waals surface area contributed by atoms with E-state index in [1.165, 1.54) is 57.8 Å². The monoisotopic (exact) mass is 490 g/mol. The summed E-state index contributed by atoms with van der Waals surface area (Å²) in [4.78, 5) is 26.4. The van der Waals surface area contributed by atoms with Gasteiger partial charge in [0.2, 0.25) is 0 Å². The SMILES string of the molecule is Cc1[nH]n(C2CCCCC2)c(=O)c1C=CC=C/C=C1\C(=O)N(C2CCCCC2)N=C1C1CCCCC1. The Morgan fingerprint density at radius 3 is 2.06 bits per heavy atom. The molecular weight excluding hydrogens is 448 g/mol. The van der Waals surface area contributed by atoms with Gasteiger partial charge < -0.3 is 0 Å². The number of nitrogens with one attached hydrogen (secondary N) is 1. The van der Waals surface area contributed by atoms with E-state index in [4.69, 9.17) is 5.10 Å². The minimum atomic E-state index is 0.0724. The topological polar surface area (TPSA) is 70.5 Å². The molecule has 36 heavy (non-hydrogen) atoms. The molecule has 0 unspecified atom stereocenters. The molecule has 1 aliphatic heterocycles. The van der Waals surface area contributed by atoms with Crippen molar-refractivity contribution in [3.63, 3.8) is 0 Å². The standard InChI is InChI=1S/C30H42N4O2/c1-22-26(29(35)33(31-22)24-16-8-3-9-17-24)20-12-5-13-21-27-28(23-14-6-2-7-15-23)32-34(30(27)36)25-18-10-4-11-19-25/h5,12-13,20-21,23-25,31H,2-4,6-11,14-19H2,1H3/b13-5?,20-12?,27-21-. The smallest absolute Gasteiger partial charge is 0.276 e. The first-order valence-electron chi connectivity index (χ1n) is 14.4. The van der Waals surface area contributed by atoms with E-state index in [0.717, 1.165) is 61.1 Å². The van der Waals surface area contributed by atoms with E-state index in [1.54, 1.807) is 0 Å². The van der Waals surface area contributed by atoms with E-state index in [9.17, 15) is 9.59 Å². The summed E-state index contributed by atoms with van der Waals surface area (Å²) in [6.07, 6.45) is 27.2. The molecule has 1 aromatic heterocycles. The maximum atomic E-state index is 13.4. The van der Waals surface area contributed by atoms with E-state index >= 15 is 0 Å².